The molecule has 0 bridgehead atoms. The van der Waals surface area contributed by atoms with Crippen LogP contribution < -0.4 is 5.32 Å². The van der Waals surface area contributed by atoms with Crippen molar-refractivity contribution in [2.75, 3.05) is 20.2 Å². The summed E-state index contributed by atoms with van der Waals surface area (Å²) in [5, 5.41) is 2.73. The largest absolute Gasteiger partial charge is 0.453 e. The lowest BCUT2D eigenvalue weighted by atomic mass is 9.96. The van der Waals surface area contributed by atoms with Gasteiger partial charge in [0.25, 0.3) is 5.92 Å². The van der Waals surface area contributed by atoms with Crippen molar-refractivity contribution < 1.29 is 27.9 Å². The zero-order valence-corrected chi connectivity index (χ0v) is 32.7. The van der Waals surface area contributed by atoms with Gasteiger partial charge in [-0.05, 0) is 73.3 Å². The second-order valence-corrected chi connectivity index (χ2v) is 17.3. The van der Waals surface area contributed by atoms with Crippen molar-refractivity contribution in [3.63, 3.8) is 0 Å². The lowest BCUT2D eigenvalue weighted by molar-refractivity contribution is -0.138. The van der Waals surface area contributed by atoms with Gasteiger partial charge in [-0.3, -0.25) is 9.59 Å². The minimum absolute atomic E-state index is 0.0510. The predicted molar refractivity (Wildman–Crippen MR) is 206 cm³/mol. The van der Waals surface area contributed by atoms with Gasteiger partial charge in [-0.25, -0.2) is 23.5 Å². The number of fused-ring (bicyclic) bond motifs is 1. The van der Waals surface area contributed by atoms with Gasteiger partial charge in [0.2, 0.25) is 11.8 Å². The molecule has 13 heteroatoms. The van der Waals surface area contributed by atoms with Crippen molar-refractivity contribution >= 4 is 28.9 Å². The molecule has 0 radical (unpaired) electrons. The molecule has 2 aliphatic heterocycles. The lowest BCUT2D eigenvalue weighted by Crippen LogP contribution is -2.51. The van der Waals surface area contributed by atoms with Gasteiger partial charge < -0.3 is 29.8 Å². The zero-order chi connectivity index (χ0) is 39.7. The van der Waals surface area contributed by atoms with E-state index in [0.717, 1.165) is 52.8 Å². The molecule has 8 rings (SSSR count). The summed E-state index contributed by atoms with van der Waals surface area (Å²) in [7, 11) is 1.29. The topological polar surface area (TPSA) is 136 Å². The highest BCUT2D eigenvalue weighted by atomic mass is 19.3. The summed E-state index contributed by atoms with van der Waals surface area (Å²) in [4.78, 5) is 59.2. The molecular formula is C43H49F2N7O4. The number of halogens is 2. The fourth-order valence-electron chi connectivity index (χ4n) is 8.51. The number of alkyl carbamates (subject to hydrolysis) is 1. The summed E-state index contributed by atoms with van der Waals surface area (Å²) in [6.07, 6.45) is 4.09. The fraction of sp³-hybridized carbons (Fsp3) is 0.512. The van der Waals surface area contributed by atoms with Gasteiger partial charge in [0.05, 0.1) is 41.3 Å². The smallest absolute Gasteiger partial charge is 0.407 e. The van der Waals surface area contributed by atoms with Crippen molar-refractivity contribution in [2.24, 2.45) is 28.6 Å². The first-order chi connectivity index (χ1) is 26.6. The SMILES string of the molecule is COC(=O)N[C@H](C(=O)N1CC2(CC2)C[C@H]1c1nc2cc(C#Cc3ccc(-c4c[nH]c([C@@H]5C[C@]6(CN5C(=O)[C@@H](C)C(C)C)CC6(F)F)n4)cc3)ccc2[nH]1)C(C)C. The number of alkyl halides is 2. The maximum atomic E-state index is 14.5. The van der Waals surface area contributed by atoms with Crippen LogP contribution in [0.5, 0.6) is 0 Å². The summed E-state index contributed by atoms with van der Waals surface area (Å²) in [6, 6.07) is 12.0. The summed E-state index contributed by atoms with van der Waals surface area (Å²) >= 11 is 0. The molecule has 4 heterocycles. The number of H-pyrrole nitrogens is 2. The quantitative estimate of drug-likeness (QED) is 0.160. The maximum Gasteiger partial charge on any atom is 0.407 e. The van der Waals surface area contributed by atoms with E-state index in [9.17, 15) is 23.2 Å². The van der Waals surface area contributed by atoms with Crippen LogP contribution in [0.4, 0.5) is 13.6 Å². The molecule has 2 aliphatic carbocycles. The van der Waals surface area contributed by atoms with E-state index in [-0.39, 0.29) is 60.4 Å². The molecule has 4 aromatic rings. The van der Waals surface area contributed by atoms with Crippen molar-refractivity contribution in [2.45, 2.75) is 90.8 Å². The Bertz CT molecular complexity index is 2250. The number of benzene rings is 2. The lowest BCUT2D eigenvalue weighted by Gasteiger charge is -2.30. The Hall–Kier alpha value is -5.25. The number of carbonyl (C=O) groups is 3. The Morgan fingerprint density at radius 3 is 2.18 bits per heavy atom. The van der Waals surface area contributed by atoms with Gasteiger partial charge in [-0.15, -0.1) is 0 Å². The molecule has 2 saturated carbocycles. The van der Waals surface area contributed by atoms with Crippen LogP contribution >= 0.6 is 0 Å². The third-order valence-corrected chi connectivity index (χ3v) is 12.7. The van der Waals surface area contributed by atoms with Gasteiger partial charge in [0.1, 0.15) is 17.7 Å². The van der Waals surface area contributed by atoms with E-state index in [1.54, 1.807) is 11.1 Å². The predicted octanol–water partition coefficient (Wildman–Crippen LogP) is 7.38. The number of aromatic amines is 2. The molecule has 3 amide bonds. The van der Waals surface area contributed by atoms with E-state index in [1.807, 2.05) is 82.0 Å². The molecule has 3 N–H and O–H groups in total. The summed E-state index contributed by atoms with van der Waals surface area (Å²) in [6.45, 7) is 10.3. The van der Waals surface area contributed by atoms with Crippen molar-refractivity contribution in [1.82, 2.24) is 35.1 Å². The molecule has 2 spiro atoms. The van der Waals surface area contributed by atoms with Crippen LogP contribution in [0.1, 0.15) is 102 Å². The highest BCUT2D eigenvalue weighted by Crippen LogP contribution is 2.68. The number of carbonyl (C=O) groups excluding carboxylic acids is 3. The molecule has 4 aliphatic rings. The van der Waals surface area contributed by atoms with Crippen LogP contribution in [0.2, 0.25) is 0 Å². The fourth-order valence-corrected chi connectivity index (χ4v) is 8.51. The molecule has 2 saturated heterocycles. The number of rotatable bonds is 8. The minimum Gasteiger partial charge on any atom is -0.453 e. The highest BCUT2D eigenvalue weighted by molar-refractivity contribution is 5.87. The molecule has 5 atom stereocenters. The first-order valence-corrected chi connectivity index (χ1v) is 19.6. The number of hydrogen-bond donors (Lipinski definition) is 3. The van der Waals surface area contributed by atoms with Gasteiger partial charge in [0.15, 0.2) is 0 Å². The second-order valence-electron chi connectivity index (χ2n) is 17.3. The van der Waals surface area contributed by atoms with E-state index in [1.165, 1.54) is 7.11 Å². The van der Waals surface area contributed by atoms with Gasteiger partial charge >= 0.3 is 6.09 Å². The zero-order valence-electron chi connectivity index (χ0n) is 32.7. The van der Waals surface area contributed by atoms with Crippen LogP contribution in [0, 0.1) is 40.4 Å². The van der Waals surface area contributed by atoms with Crippen LogP contribution in [-0.4, -0.2) is 79.8 Å². The number of ether oxygens (including phenoxy) is 1. The average molecular weight is 766 g/mol. The number of amides is 3. The maximum absolute atomic E-state index is 14.5. The second kappa shape index (κ2) is 13.7. The third kappa shape index (κ3) is 6.81. The van der Waals surface area contributed by atoms with E-state index < -0.39 is 29.5 Å². The normalized spacial score (nSPS) is 24.1. The molecule has 0 unspecified atom stereocenters. The first kappa shape index (κ1) is 37.7. The van der Waals surface area contributed by atoms with Crippen LogP contribution in [0.15, 0.2) is 48.7 Å². The summed E-state index contributed by atoms with van der Waals surface area (Å²) in [5.41, 5.74) is 3.64. The monoisotopic (exact) mass is 765 g/mol. The first-order valence-electron chi connectivity index (χ1n) is 19.6. The van der Waals surface area contributed by atoms with Crippen molar-refractivity contribution in [1.29, 1.82) is 0 Å². The van der Waals surface area contributed by atoms with Crippen LogP contribution in [0.3, 0.4) is 0 Å². The molecule has 56 heavy (non-hydrogen) atoms. The molecule has 2 aromatic carbocycles. The van der Waals surface area contributed by atoms with Gasteiger partial charge in [-0.2, -0.15) is 0 Å². The Morgan fingerprint density at radius 2 is 1.54 bits per heavy atom. The third-order valence-electron chi connectivity index (χ3n) is 12.7. The highest BCUT2D eigenvalue weighted by Gasteiger charge is 2.75. The van der Waals surface area contributed by atoms with Crippen molar-refractivity contribution in [3.8, 4) is 23.1 Å². The summed E-state index contributed by atoms with van der Waals surface area (Å²) < 4.78 is 33.8. The van der Waals surface area contributed by atoms with Crippen molar-refractivity contribution in [3.05, 3.63) is 71.4 Å². The number of aromatic nitrogens is 4. The Balaban J connectivity index is 0.968. The number of methoxy groups -OCH3 is 1. The Kier molecular flexibility index (Phi) is 9.24. The number of nitrogens with one attached hydrogen (secondary N) is 3. The molecule has 4 fully saturated rings. The van der Waals surface area contributed by atoms with E-state index in [0.29, 0.717) is 18.1 Å². The van der Waals surface area contributed by atoms with Crippen LogP contribution in [0.25, 0.3) is 22.3 Å². The Labute approximate surface area is 325 Å². The van der Waals surface area contributed by atoms with Gasteiger partial charge in [-0.1, -0.05) is 58.6 Å². The molecular weight excluding hydrogens is 717 g/mol. The standard InChI is InChI=1S/C43H49F2N7O4/c1-24(2)26(5)38(53)52-23-42(21-43(42,44)45)19-34(52)36-46-20-32(49-36)29-12-9-27(10-13-29)7-8-28-11-14-30-31(17-28)48-37(47-30)33-18-41(15-16-41)22-51(33)39(54)35(25(3)4)50-40(55)56-6/h9-14,17,20,24-26,33-35H,15-16,18-19,21-23H2,1-6H3,(H,46,49)(H,47,48)(H,50,55)/t26-,33-,34-,35-,42+/m0/s1. The number of imidazole rings is 2. The minimum atomic E-state index is -2.76. The van der Waals surface area contributed by atoms with E-state index in [2.05, 4.69) is 27.1 Å². The average Bonchev–Trinajstić information content (AvgIpc) is 3.60. The number of nitrogens with zero attached hydrogens (tertiary/aromatic N) is 4. The number of hydrogen-bond acceptors (Lipinski definition) is 6. The van der Waals surface area contributed by atoms with E-state index >= 15 is 0 Å². The molecule has 294 valence electrons. The number of likely N-dealkylation sites (tertiary alicyclic amines) is 2. The Morgan fingerprint density at radius 1 is 0.875 bits per heavy atom. The van der Waals surface area contributed by atoms with Crippen LogP contribution in [-0.2, 0) is 14.3 Å². The van der Waals surface area contributed by atoms with Gasteiger partial charge in [0, 0.05) is 48.3 Å². The molecule has 11 nitrogen and oxygen atoms in total. The summed E-state index contributed by atoms with van der Waals surface area (Å²) in [5.74, 6) is 4.42. The van der Waals surface area contributed by atoms with E-state index in [4.69, 9.17) is 14.7 Å². The molecule has 2 aromatic heterocycles.